The van der Waals surface area contributed by atoms with Gasteiger partial charge in [0.25, 0.3) is 10.0 Å². The van der Waals surface area contributed by atoms with Crippen LogP contribution >= 0.6 is 15.9 Å². The Labute approximate surface area is 190 Å². The number of hydrogen-bond acceptors (Lipinski definition) is 6. The zero-order chi connectivity index (χ0) is 21.6. The molecule has 0 aliphatic carbocycles. The highest BCUT2D eigenvalue weighted by molar-refractivity contribution is 9.10. The van der Waals surface area contributed by atoms with Crippen molar-refractivity contribution in [2.24, 2.45) is 4.40 Å². The summed E-state index contributed by atoms with van der Waals surface area (Å²) < 4.78 is 41.5. The van der Waals surface area contributed by atoms with Gasteiger partial charge in [-0.3, -0.25) is 4.90 Å². The Morgan fingerprint density at radius 2 is 1.81 bits per heavy atom. The van der Waals surface area contributed by atoms with Gasteiger partial charge in [-0.2, -0.15) is 8.42 Å². The largest absolute Gasteiger partial charge is 0.454 e. The molecular weight excluding hydrogens is 482 g/mol. The Morgan fingerprint density at radius 1 is 1.03 bits per heavy atom. The van der Waals surface area contributed by atoms with Crippen LogP contribution in [0.1, 0.15) is 18.1 Å². The Hall–Kier alpha value is -2.36. The van der Waals surface area contributed by atoms with Crippen molar-refractivity contribution < 1.29 is 17.9 Å². The SMILES string of the molecule is CC1=C(c2cccc(Br)c2)S(=O)(=O)N=C1N1CCN(Cc2ccc3c(c2)OCO3)CC1. The molecule has 0 atom stereocenters. The lowest BCUT2D eigenvalue weighted by molar-refractivity contribution is 0.172. The van der Waals surface area contributed by atoms with Crippen molar-refractivity contribution in [2.75, 3.05) is 33.0 Å². The van der Waals surface area contributed by atoms with Crippen LogP contribution in [-0.2, 0) is 16.6 Å². The van der Waals surface area contributed by atoms with E-state index in [1.807, 2.05) is 43.3 Å². The first-order chi connectivity index (χ1) is 14.9. The predicted octanol–water partition coefficient (Wildman–Crippen LogP) is 3.47. The highest BCUT2D eigenvalue weighted by Crippen LogP contribution is 2.35. The van der Waals surface area contributed by atoms with Crippen LogP contribution in [0.15, 0.2) is 56.9 Å². The second kappa shape index (κ2) is 7.96. The molecule has 0 spiro atoms. The van der Waals surface area contributed by atoms with E-state index < -0.39 is 10.0 Å². The molecule has 31 heavy (non-hydrogen) atoms. The molecule has 0 radical (unpaired) electrons. The van der Waals surface area contributed by atoms with E-state index in [9.17, 15) is 8.42 Å². The lowest BCUT2D eigenvalue weighted by Crippen LogP contribution is -2.48. The van der Waals surface area contributed by atoms with E-state index in [-0.39, 0.29) is 6.79 Å². The molecule has 2 aromatic rings. The van der Waals surface area contributed by atoms with Crippen molar-refractivity contribution in [1.82, 2.24) is 9.80 Å². The first-order valence-electron chi connectivity index (χ1n) is 10.1. The lowest BCUT2D eigenvalue weighted by Gasteiger charge is -2.36. The molecule has 7 nitrogen and oxygen atoms in total. The maximum Gasteiger partial charge on any atom is 0.285 e. The number of benzene rings is 2. The van der Waals surface area contributed by atoms with E-state index in [2.05, 4.69) is 36.2 Å². The number of rotatable bonds is 3. The molecule has 5 rings (SSSR count). The van der Waals surface area contributed by atoms with Crippen molar-refractivity contribution in [3.63, 3.8) is 0 Å². The molecule has 0 aromatic heterocycles. The quantitative estimate of drug-likeness (QED) is 0.638. The fourth-order valence-electron chi connectivity index (χ4n) is 4.23. The standard InChI is InChI=1S/C22H22BrN3O4S/c1-15-21(17-3-2-4-18(23)12-17)31(27,28)24-22(15)26-9-7-25(8-10-26)13-16-5-6-19-20(11-16)30-14-29-19/h2-6,11-12H,7-10,13-14H2,1H3. The molecule has 162 valence electrons. The summed E-state index contributed by atoms with van der Waals surface area (Å²) in [4.78, 5) is 4.73. The van der Waals surface area contributed by atoms with Gasteiger partial charge in [-0.15, -0.1) is 4.40 Å². The number of hydrogen-bond donors (Lipinski definition) is 0. The molecule has 0 saturated carbocycles. The van der Waals surface area contributed by atoms with Gasteiger partial charge in [0.05, 0.1) is 0 Å². The maximum absolute atomic E-state index is 12.8. The van der Waals surface area contributed by atoms with Crippen molar-refractivity contribution in [3.05, 3.63) is 63.6 Å². The summed E-state index contributed by atoms with van der Waals surface area (Å²) in [5.74, 6) is 2.15. The fraction of sp³-hybridized carbons (Fsp3) is 0.318. The molecule has 3 aliphatic rings. The van der Waals surface area contributed by atoms with Gasteiger partial charge in [-0.25, -0.2) is 0 Å². The van der Waals surface area contributed by atoms with Gasteiger partial charge < -0.3 is 14.4 Å². The van der Waals surface area contributed by atoms with Gasteiger partial charge in [0.15, 0.2) is 11.5 Å². The third kappa shape index (κ3) is 3.97. The summed E-state index contributed by atoms with van der Waals surface area (Å²) >= 11 is 3.42. The number of ether oxygens (including phenoxy) is 2. The zero-order valence-corrected chi connectivity index (χ0v) is 19.4. The van der Waals surface area contributed by atoms with E-state index in [1.165, 1.54) is 5.56 Å². The number of fused-ring (bicyclic) bond motifs is 1. The topological polar surface area (TPSA) is 71.4 Å². The monoisotopic (exact) mass is 503 g/mol. The Balaban J connectivity index is 1.29. The van der Waals surface area contributed by atoms with Gasteiger partial charge in [-0.05, 0) is 42.3 Å². The van der Waals surface area contributed by atoms with E-state index in [4.69, 9.17) is 9.47 Å². The number of nitrogens with zero attached hydrogens (tertiary/aromatic N) is 3. The third-order valence-corrected chi connectivity index (χ3v) is 7.71. The highest BCUT2D eigenvalue weighted by Gasteiger charge is 2.34. The molecule has 0 N–H and O–H groups in total. The van der Waals surface area contributed by atoms with E-state index in [1.54, 1.807) is 0 Å². The zero-order valence-electron chi connectivity index (χ0n) is 17.0. The van der Waals surface area contributed by atoms with Gasteiger partial charge in [0, 0.05) is 42.8 Å². The van der Waals surface area contributed by atoms with E-state index >= 15 is 0 Å². The molecule has 0 amide bonds. The minimum Gasteiger partial charge on any atom is -0.454 e. The van der Waals surface area contributed by atoms with Crippen LogP contribution in [0, 0.1) is 0 Å². The van der Waals surface area contributed by atoms with Crippen LogP contribution in [0.5, 0.6) is 11.5 Å². The average molecular weight is 504 g/mol. The van der Waals surface area contributed by atoms with Crippen LogP contribution in [0.3, 0.4) is 0 Å². The van der Waals surface area contributed by atoms with Crippen LogP contribution in [0.4, 0.5) is 0 Å². The molecule has 0 unspecified atom stereocenters. The highest BCUT2D eigenvalue weighted by atomic mass is 79.9. The van der Waals surface area contributed by atoms with Crippen LogP contribution in [0.25, 0.3) is 4.91 Å². The minimum atomic E-state index is -3.71. The summed E-state index contributed by atoms with van der Waals surface area (Å²) in [5.41, 5.74) is 2.54. The molecule has 3 heterocycles. The number of sulfonamides is 1. The Kier molecular flexibility index (Phi) is 5.27. The molecule has 1 fully saturated rings. The summed E-state index contributed by atoms with van der Waals surface area (Å²) in [6, 6.07) is 13.4. The van der Waals surface area contributed by atoms with Crippen molar-refractivity contribution >= 4 is 36.7 Å². The molecule has 9 heteroatoms. The van der Waals surface area contributed by atoms with Gasteiger partial charge in [-0.1, -0.05) is 34.1 Å². The van der Waals surface area contributed by atoms with Crippen LogP contribution in [-0.4, -0.2) is 57.0 Å². The summed E-state index contributed by atoms with van der Waals surface area (Å²) in [5, 5.41) is 0. The molecule has 1 saturated heterocycles. The smallest absolute Gasteiger partial charge is 0.285 e. The third-order valence-electron chi connectivity index (χ3n) is 5.74. The van der Waals surface area contributed by atoms with Gasteiger partial charge in [0.1, 0.15) is 10.7 Å². The van der Waals surface area contributed by atoms with Crippen molar-refractivity contribution in [1.29, 1.82) is 0 Å². The van der Waals surface area contributed by atoms with Crippen molar-refractivity contribution in [2.45, 2.75) is 13.5 Å². The number of halogens is 1. The summed E-state index contributed by atoms with van der Waals surface area (Å²) in [6.45, 7) is 6.04. The molecular formula is C22H22BrN3O4S. The van der Waals surface area contributed by atoms with Crippen LogP contribution in [0.2, 0.25) is 0 Å². The Morgan fingerprint density at radius 3 is 2.58 bits per heavy atom. The predicted molar refractivity (Wildman–Crippen MR) is 123 cm³/mol. The first-order valence-corrected chi connectivity index (χ1v) is 12.3. The second-order valence-electron chi connectivity index (χ2n) is 7.81. The first kappa shape index (κ1) is 20.5. The molecule has 2 aromatic carbocycles. The normalized spacial score (nSPS) is 20.3. The Bertz CT molecular complexity index is 1200. The maximum atomic E-state index is 12.8. The van der Waals surface area contributed by atoms with E-state index in [0.29, 0.717) is 21.9 Å². The average Bonchev–Trinajstić information content (AvgIpc) is 3.29. The van der Waals surface area contributed by atoms with Crippen LogP contribution < -0.4 is 9.47 Å². The summed E-state index contributed by atoms with van der Waals surface area (Å²) in [6.07, 6.45) is 0. The minimum absolute atomic E-state index is 0.275. The van der Waals surface area contributed by atoms with Crippen molar-refractivity contribution in [3.8, 4) is 11.5 Å². The lowest BCUT2D eigenvalue weighted by atomic mass is 10.1. The number of amidine groups is 1. The number of piperazine rings is 1. The second-order valence-corrected chi connectivity index (χ2v) is 10.3. The molecule has 3 aliphatic heterocycles. The summed E-state index contributed by atoms with van der Waals surface area (Å²) in [7, 11) is -3.71. The molecule has 0 bridgehead atoms. The van der Waals surface area contributed by atoms with Gasteiger partial charge >= 0.3 is 0 Å². The van der Waals surface area contributed by atoms with Gasteiger partial charge in [0.2, 0.25) is 6.79 Å². The van der Waals surface area contributed by atoms with E-state index in [0.717, 1.165) is 48.7 Å². The fourth-order valence-corrected chi connectivity index (χ4v) is 6.10.